The van der Waals surface area contributed by atoms with Gasteiger partial charge in [-0.3, -0.25) is 9.59 Å². The Hall–Kier alpha value is -3.02. The first-order chi connectivity index (χ1) is 10.9. The van der Waals surface area contributed by atoms with Crippen LogP contribution in [-0.2, 0) is 19.2 Å². The molecule has 0 aliphatic carbocycles. The monoisotopic (exact) mass is 340 g/mol. The Kier molecular flexibility index (Phi) is 4.85. The highest BCUT2D eigenvalue weighted by atomic mass is 32.1. The van der Waals surface area contributed by atoms with Gasteiger partial charge in [-0.1, -0.05) is 5.16 Å². The summed E-state index contributed by atoms with van der Waals surface area (Å²) in [6.07, 6.45) is 0.589. The molecule has 2 rings (SSSR count). The zero-order valence-electron chi connectivity index (χ0n) is 11.8. The zero-order chi connectivity index (χ0) is 17.0. The molecule has 122 valence electrons. The van der Waals surface area contributed by atoms with Gasteiger partial charge in [-0.05, 0) is 0 Å². The molecule has 0 spiro atoms. The van der Waals surface area contributed by atoms with Gasteiger partial charge in [-0.2, -0.15) is 5.10 Å². The number of nitrogens with two attached hydrogens (primary N) is 1. The second-order valence-corrected chi connectivity index (χ2v) is 5.11. The average Bonchev–Trinajstić information content (AvgIpc) is 2.92. The second-order valence-electron chi connectivity index (χ2n) is 4.22. The van der Waals surface area contributed by atoms with E-state index in [1.165, 1.54) is 12.5 Å². The minimum absolute atomic E-state index is 0.0494. The van der Waals surface area contributed by atoms with Crippen molar-refractivity contribution in [2.24, 2.45) is 10.3 Å². The Balaban J connectivity index is 2.00. The molecule has 1 aliphatic rings. The highest BCUT2D eigenvalue weighted by Crippen LogP contribution is 2.14. The fraction of sp³-hybridized carbons (Fsp3) is 0.273. The number of carbonyl (C=O) groups is 3. The molecule has 0 saturated carbocycles. The highest BCUT2D eigenvalue weighted by molar-refractivity contribution is 7.13. The van der Waals surface area contributed by atoms with Crippen LogP contribution in [0.25, 0.3) is 0 Å². The van der Waals surface area contributed by atoms with Gasteiger partial charge in [-0.15, -0.1) is 11.3 Å². The van der Waals surface area contributed by atoms with Crippen molar-refractivity contribution >= 4 is 46.2 Å². The molecule has 1 aromatic rings. The van der Waals surface area contributed by atoms with E-state index in [2.05, 4.69) is 25.4 Å². The third-order valence-corrected chi connectivity index (χ3v) is 3.36. The third kappa shape index (κ3) is 3.79. The number of rotatable bonds is 6. The number of aliphatic carboxylic acids is 1. The van der Waals surface area contributed by atoms with E-state index in [-0.39, 0.29) is 23.1 Å². The number of amides is 2. The van der Waals surface area contributed by atoms with Gasteiger partial charge in [0.05, 0.1) is 6.54 Å². The van der Waals surface area contributed by atoms with Crippen LogP contribution in [0.1, 0.15) is 5.69 Å². The molecule has 2 heterocycles. The van der Waals surface area contributed by atoms with Crippen LogP contribution in [0.3, 0.4) is 0 Å². The summed E-state index contributed by atoms with van der Waals surface area (Å²) in [6.45, 7) is 0.0494. The van der Waals surface area contributed by atoms with E-state index in [9.17, 15) is 14.4 Å². The van der Waals surface area contributed by atoms with Gasteiger partial charge in [0.15, 0.2) is 10.8 Å². The lowest BCUT2D eigenvalue weighted by Crippen LogP contribution is -2.62. The predicted molar refractivity (Wildman–Crippen MR) is 79.8 cm³/mol. The molecule has 0 aromatic carbocycles. The number of β-lactam (4-membered cyclic amide) rings is 1. The molecule has 1 atom stereocenters. The summed E-state index contributed by atoms with van der Waals surface area (Å²) in [5.41, 5.74) is 5.60. The van der Waals surface area contributed by atoms with Crippen LogP contribution in [0.5, 0.6) is 0 Å². The number of anilines is 1. The Bertz CT molecular complexity index is 699. The van der Waals surface area contributed by atoms with Crippen LogP contribution in [0.4, 0.5) is 5.13 Å². The summed E-state index contributed by atoms with van der Waals surface area (Å²) in [5, 5.41) is 20.6. The van der Waals surface area contributed by atoms with Gasteiger partial charge in [-0.25, -0.2) is 14.8 Å². The van der Waals surface area contributed by atoms with Crippen molar-refractivity contribution in [3.8, 4) is 0 Å². The van der Waals surface area contributed by atoms with Gasteiger partial charge in [0.25, 0.3) is 11.8 Å². The van der Waals surface area contributed by atoms with Crippen molar-refractivity contribution in [3.63, 3.8) is 0 Å². The minimum atomic E-state index is -1.28. The average molecular weight is 340 g/mol. The van der Waals surface area contributed by atoms with E-state index in [1.807, 2.05) is 0 Å². The maximum atomic E-state index is 12.2. The van der Waals surface area contributed by atoms with E-state index >= 15 is 0 Å². The Morgan fingerprint density at radius 2 is 2.39 bits per heavy atom. The number of hydrazone groups is 1. The number of nitrogen functional groups attached to an aromatic ring is 1. The van der Waals surface area contributed by atoms with Crippen molar-refractivity contribution in [2.75, 3.05) is 19.4 Å². The summed E-state index contributed by atoms with van der Waals surface area (Å²) >= 11 is 1.13. The number of hydrogen-bond donors (Lipinski definition) is 3. The molecule has 4 N–H and O–H groups in total. The SMILES string of the molecule is CO/N=C(\C(=O)NC1CN(N=CC(=O)O)C1=O)c1csc(N)n1. The summed E-state index contributed by atoms with van der Waals surface area (Å²) in [7, 11) is 1.26. The lowest BCUT2D eigenvalue weighted by atomic mass is 10.1. The Labute approximate surface area is 133 Å². The summed E-state index contributed by atoms with van der Waals surface area (Å²) < 4.78 is 0. The number of thiazole rings is 1. The standard InChI is InChI=1S/C11H12N6O5S/c1-22-16-8(6-4-23-11(12)15-6)9(20)14-5-3-17(10(5)21)13-2-7(18)19/h2,4-5H,3H2,1H3,(H2,12,15)(H,14,20)(H,18,19)/b13-2?,16-8-. The Morgan fingerprint density at radius 1 is 1.65 bits per heavy atom. The molecule has 23 heavy (non-hydrogen) atoms. The molecule has 1 aliphatic heterocycles. The molecule has 1 saturated heterocycles. The number of nitrogens with zero attached hydrogens (tertiary/aromatic N) is 4. The first-order valence-corrected chi connectivity index (χ1v) is 7.02. The number of aromatic nitrogens is 1. The van der Waals surface area contributed by atoms with Crippen LogP contribution in [0.2, 0.25) is 0 Å². The molecule has 11 nitrogen and oxygen atoms in total. The largest absolute Gasteiger partial charge is 0.477 e. The van der Waals surface area contributed by atoms with Crippen molar-refractivity contribution in [1.29, 1.82) is 0 Å². The van der Waals surface area contributed by atoms with Gasteiger partial charge < -0.3 is 21.0 Å². The van der Waals surface area contributed by atoms with Crippen LogP contribution in [0, 0.1) is 0 Å². The highest BCUT2D eigenvalue weighted by Gasteiger charge is 2.39. The molecule has 1 fully saturated rings. The molecule has 12 heteroatoms. The molecule has 0 bridgehead atoms. The number of oxime groups is 1. The number of carboxylic acid groups (broad SMARTS) is 1. The van der Waals surface area contributed by atoms with E-state index in [0.717, 1.165) is 16.3 Å². The molecular formula is C11H12N6O5S. The maximum absolute atomic E-state index is 12.2. The van der Waals surface area contributed by atoms with E-state index in [1.54, 1.807) is 0 Å². The third-order valence-electron chi connectivity index (χ3n) is 2.68. The zero-order valence-corrected chi connectivity index (χ0v) is 12.6. The smallest absolute Gasteiger partial charge is 0.348 e. The fourth-order valence-corrected chi connectivity index (χ4v) is 2.21. The number of hydrogen-bond acceptors (Lipinski definition) is 9. The summed E-state index contributed by atoms with van der Waals surface area (Å²) in [6, 6.07) is -0.827. The van der Waals surface area contributed by atoms with Gasteiger partial charge in [0.1, 0.15) is 25.1 Å². The van der Waals surface area contributed by atoms with Crippen molar-refractivity contribution < 1.29 is 24.3 Å². The van der Waals surface area contributed by atoms with E-state index in [4.69, 9.17) is 10.8 Å². The van der Waals surface area contributed by atoms with E-state index in [0.29, 0.717) is 6.21 Å². The van der Waals surface area contributed by atoms with Crippen LogP contribution < -0.4 is 11.1 Å². The Morgan fingerprint density at radius 3 is 2.91 bits per heavy atom. The molecular weight excluding hydrogens is 328 g/mol. The lowest BCUT2D eigenvalue weighted by molar-refractivity contribution is -0.145. The van der Waals surface area contributed by atoms with Crippen LogP contribution in [0.15, 0.2) is 15.6 Å². The number of carbonyl (C=O) groups excluding carboxylic acids is 2. The quantitative estimate of drug-likeness (QED) is 0.322. The normalized spacial score (nSPS) is 18.0. The predicted octanol–water partition coefficient (Wildman–Crippen LogP) is -1.53. The summed E-state index contributed by atoms with van der Waals surface area (Å²) in [5.74, 6) is -2.48. The molecule has 2 amide bonds. The first kappa shape index (κ1) is 16.4. The van der Waals surface area contributed by atoms with Gasteiger partial charge >= 0.3 is 5.97 Å². The second kappa shape index (κ2) is 6.83. The van der Waals surface area contributed by atoms with Crippen LogP contribution >= 0.6 is 11.3 Å². The van der Waals surface area contributed by atoms with Gasteiger partial charge in [0, 0.05) is 5.38 Å². The van der Waals surface area contributed by atoms with Crippen molar-refractivity contribution in [3.05, 3.63) is 11.1 Å². The lowest BCUT2D eigenvalue weighted by Gasteiger charge is -2.34. The molecule has 1 unspecified atom stereocenters. The van der Waals surface area contributed by atoms with Gasteiger partial charge in [0.2, 0.25) is 0 Å². The van der Waals surface area contributed by atoms with E-state index < -0.39 is 23.8 Å². The first-order valence-electron chi connectivity index (χ1n) is 6.14. The molecule has 0 radical (unpaired) electrons. The fourth-order valence-electron chi connectivity index (χ4n) is 1.66. The van der Waals surface area contributed by atoms with Crippen LogP contribution in [-0.4, -0.2) is 64.5 Å². The molecule has 1 aromatic heterocycles. The topological polar surface area (TPSA) is 160 Å². The number of nitrogens with one attached hydrogen (secondary N) is 1. The number of carboxylic acids is 1. The minimum Gasteiger partial charge on any atom is -0.477 e. The van der Waals surface area contributed by atoms with Crippen molar-refractivity contribution in [1.82, 2.24) is 15.3 Å². The van der Waals surface area contributed by atoms with Crippen molar-refractivity contribution in [2.45, 2.75) is 6.04 Å². The summed E-state index contributed by atoms with van der Waals surface area (Å²) in [4.78, 5) is 42.7. The maximum Gasteiger partial charge on any atom is 0.348 e.